The van der Waals surface area contributed by atoms with E-state index in [-0.39, 0.29) is 0 Å². The molecule has 0 radical (unpaired) electrons. The molecule has 0 atom stereocenters. The van der Waals surface area contributed by atoms with Gasteiger partial charge in [0.25, 0.3) is 0 Å². The van der Waals surface area contributed by atoms with Crippen molar-refractivity contribution in [2.24, 2.45) is 0 Å². The second kappa shape index (κ2) is 6.33. The highest BCUT2D eigenvalue weighted by molar-refractivity contribution is 7.98. The maximum Gasteiger partial charge on any atom is 0.104 e. The van der Waals surface area contributed by atoms with Gasteiger partial charge in [-0.05, 0) is 25.1 Å². The van der Waals surface area contributed by atoms with Gasteiger partial charge in [0.15, 0.2) is 0 Å². The molecule has 0 saturated carbocycles. The summed E-state index contributed by atoms with van der Waals surface area (Å²) in [6, 6.07) is 16.4. The minimum absolute atomic E-state index is 0.778. The zero-order valence-electron chi connectivity index (χ0n) is 11.7. The molecule has 0 fully saturated rings. The number of aryl methyl sites for hydroxylation is 1. The number of anilines is 1. The number of thiazole rings is 1. The van der Waals surface area contributed by atoms with Crippen LogP contribution in [0.3, 0.4) is 0 Å². The smallest absolute Gasteiger partial charge is 0.104 e. The molecule has 21 heavy (non-hydrogen) atoms. The Morgan fingerprint density at radius 2 is 2.00 bits per heavy atom. The Hall–Kier alpha value is -1.78. The fraction of sp³-hybridized carbons (Fsp3) is 0.118. The van der Waals surface area contributed by atoms with Crippen molar-refractivity contribution in [1.82, 2.24) is 4.98 Å². The van der Waals surface area contributed by atoms with Gasteiger partial charge in [0.05, 0.1) is 11.4 Å². The number of aromatic nitrogens is 1. The normalized spacial score (nSPS) is 10.7. The van der Waals surface area contributed by atoms with Crippen LogP contribution < -0.4 is 5.73 Å². The third-order valence-electron chi connectivity index (χ3n) is 3.14. The van der Waals surface area contributed by atoms with Gasteiger partial charge in [0.1, 0.15) is 5.01 Å². The van der Waals surface area contributed by atoms with Gasteiger partial charge < -0.3 is 5.73 Å². The summed E-state index contributed by atoms with van der Waals surface area (Å²) in [6.07, 6.45) is 0. The molecule has 0 aliphatic carbocycles. The fourth-order valence-corrected chi connectivity index (χ4v) is 3.91. The van der Waals surface area contributed by atoms with Gasteiger partial charge in [-0.15, -0.1) is 23.1 Å². The fourth-order valence-electron chi connectivity index (χ4n) is 2.08. The molecule has 0 saturated heterocycles. The van der Waals surface area contributed by atoms with Crippen LogP contribution >= 0.6 is 23.1 Å². The second-order valence-corrected chi connectivity index (χ2v) is 6.81. The molecule has 1 heterocycles. The predicted octanol–water partition coefficient (Wildman–Crippen LogP) is 4.99. The summed E-state index contributed by atoms with van der Waals surface area (Å²) < 4.78 is 0. The molecule has 2 nitrogen and oxygen atoms in total. The molecule has 2 aromatic carbocycles. The summed E-state index contributed by atoms with van der Waals surface area (Å²) in [7, 11) is 0. The zero-order chi connectivity index (χ0) is 14.7. The Labute approximate surface area is 133 Å². The molecule has 4 heteroatoms. The lowest BCUT2D eigenvalue weighted by molar-refractivity contribution is 1.26. The van der Waals surface area contributed by atoms with E-state index < -0.39 is 0 Å². The van der Waals surface area contributed by atoms with Crippen LogP contribution in [0.15, 0.2) is 58.8 Å². The van der Waals surface area contributed by atoms with Crippen molar-refractivity contribution in [3.63, 3.8) is 0 Å². The Kier molecular flexibility index (Phi) is 4.27. The molecular weight excluding hydrogens is 296 g/mol. The lowest BCUT2D eigenvalue weighted by Crippen LogP contribution is -1.89. The second-order valence-electron chi connectivity index (χ2n) is 4.82. The Morgan fingerprint density at radius 1 is 1.14 bits per heavy atom. The number of hydrogen-bond donors (Lipinski definition) is 1. The molecule has 0 aliphatic heterocycles. The molecule has 0 aliphatic rings. The summed E-state index contributed by atoms with van der Waals surface area (Å²) in [5.41, 5.74) is 10.1. The van der Waals surface area contributed by atoms with Crippen LogP contribution in [-0.4, -0.2) is 4.98 Å². The molecule has 0 unspecified atom stereocenters. The third kappa shape index (κ3) is 3.46. The van der Waals surface area contributed by atoms with Gasteiger partial charge >= 0.3 is 0 Å². The van der Waals surface area contributed by atoms with E-state index >= 15 is 0 Å². The molecular formula is C17H16N2S2. The minimum atomic E-state index is 0.778. The van der Waals surface area contributed by atoms with Crippen molar-refractivity contribution in [2.75, 3.05) is 5.73 Å². The number of hydrogen-bond acceptors (Lipinski definition) is 4. The third-order valence-corrected chi connectivity index (χ3v) is 5.18. The SMILES string of the molecule is Cc1cccc(SCc2nc(-c3ccccc3N)cs2)c1. The van der Waals surface area contributed by atoms with Gasteiger partial charge in [-0.1, -0.05) is 35.9 Å². The minimum Gasteiger partial charge on any atom is -0.398 e. The number of rotatable bonds is 4. The maximum atomic E-state index is 6.00. The monoisotopic (exact) mass is 312 g/mol. The number of benzene rings is 2. The van der Waals surface area contributed by atoms with E-state index in [2.05, 4.69) is 36.6 Å². The summed E-state index contributed by atoms with van der Waals surface area (Å²) in [6.45, 7) is 2.11. The molecule has 1 aromatic heterocycles. The largest absolute Gasteiger partial charge is 0.398 e. The molecule has 0 bridgehead atoms. The van der Waals surface area contributed by atoms with Crippen LogP contribution in [0.5, 0.6) is 0 Å². The number of thioether (sulfide) groups is 1. The topological polar surface area (TPSA) is 38.9 Å². The summed E-state index contributed by atoms with van der Waals surface area (Å²) >= 11 is 3.51. The number of nitrogen functional groups attached to an aromatic ring is 1. The number of para-hydroxylation sites is 1. The summed E-state index contributed by atoms with van der Waals surface area (Å²) in [5, 5.41) is 3.21. The van der Waals surface area contributed by atoms with E-state index in [4.69, 9.17) is 10.7 Å². The first-order valence-electron chi connectivity index (χ1n) is 6.71. The molecule has 3 aromatic rings. The van der Waals surface area contributed by atoms with Crippen molar-refractivity contribution < 1.29 is 0 Å². The van der Waals surface area contributed by atoms with Gasteiger partial charge in [0.2, 0.25) is 0 Å². The number of nitrogens with zero attached hydrogens (tertiary/aromatic N) is 1. The van der Waals surface area contributed by atoms with Crippen molar-refractivity contribution >= 4 is 28.8 Å². The van der Waals surface area contributed by atoms with Crippen LogP contribution in [0.25, 0.3) is 11.3 Å². The van der Waals surface area contributed by atoms with Crippen LogP contribution in [0.2, 0.25) is 0 Å². The van der Waals surface area contributed by atoms with E-state index in [9.17, 15) is 0 Å². The summed E-state index contributed by atoms with van der Waals surface area (Å²) in [4.78, 5) is 5.98. The van der Waals surface area contributed by atoms with E-state index in [0.717, 1.165) is 27.7 Å². The highest BCUT2D eigenvalue weighted by Gasteiger charge is 2.07. The Balaban J connectivity index is 1.72. The van der Waals surface area contributed by atoms with Gasteiger partial charge in [0, 0.05) is 21.5 Å². The van der Waals surface area contributed by atoms with Crippen molar-refractivity contribution in [1.29, 1.82) is 0 Å². The molecule has 3 rings (SSSR count). The van der Waals surface area contributed by atoms with Gasteiger partial charge in [-0.25, -0.2) is 4.98 Å². The van der Waals surface area contributed by atoms with E-state index in [1.807, 2.05) is 36.0 Å². The van der Waals surface area contributed by atoms with Crippen molar-refractivity contribution in [2.45, 2.75) is 17.6 Å². The average Bonchev–Trinajstić information content (AvgIpc) is 2.94. The van der Waals surface area contributed by atoms with Crippen molar-refractivity contribution in [3.8, 4) is 11.3 Å². The van der Waals surface area contributed by atoms with Crippen molar-refractivity contribution in [3.05, 3.63) is 64.5 Å². The van der Waals surface area contributed by atoms with Gasteiger partial charge in [-0.3, -0.25) is 0 Å². The highest BCUT2D eigenvalue weighted by Crippen LogP contribution is 2.30. The van der Waals surface area contributed by atoms with Gasteiger partial charge in [-0.2, -0.15) is 0 Å². The predicted molar refractivity (Wildman–Crippen MR) is 92.7 cm³/mol. The molecule has 2 N–H and O–H groups in total. The molecule has 0 amide bonds. The molecule has 0 spiro atoms. The van der Waals surface area contributed by atoms with E-state index in [0.29, 0.717) is 0 Å². The lowest BCUT2D eigenvalue weighted by Gasteiger charge is -2.01. The lowest BCUT2D eigenvalue weighted by atomic mass is 10.1. The van der Waals surface area contributed by atoms with E-state index in [1.165, 1.54) is 10.5 Å². The van der Waals surface area contributed by atoms with Crippen LogP contribution in [0.1, 0.15) is 10.6 Å². The summed E-state index contributed by atoms with van der Waals surface area (Å²) in [5.74, 6) is 0.890. The first-order valence-corrected chi connectivity index (χ1v) is 8.57. The first kappa shape index (κ1) is 14.2. The van der Waals surface area contributed by atoms with E-state index in [1.54, 1.807) is 11.3 Å². The Bertz CT molecular complexity index is 750. The Morgan fingerprint density at radius 3 is 2.81 bits per heavy atom. The average molecular weight is 312 g/mol. The first-order chi connectivity index (χ1) is 10.2. The van der Waals surface area contributed by atoms with Crippen LogP contribution in [0, 0.1) is 6.92 Å². The quantitative estimate of drug-likeness (QED) is 0.544. The highest BCUT2D eigenvalue weighted by atomic mass is 32.2. The van der Waals surface area contributed by atoms with Crippen LogP contribution in [-0.2, 0) is 5.75 Å². The standard InChI is InChI=1S/C17H16N2S2/c1-12-5-4-6-13(9-12)20-11-17-19-16(10-21-17)14-7-2-3-8-15(14)18/h2-10H,11,18H2,1H3. The molecule has 106 valence electrons. The van der Waals surface area contributed by atoms with Crippen LogP contribution in [0.4, 0.5) is 5.69 Å². The maximum absolute atomic E-state index is 6.00. The zero-order valence-corrected chi connectivity index (χ0v) is 13.4. The number of nitrogens with two attached hydrogens (primary N) is 1.